The van der Waals surface area contributed by atoms with Crippen LogP contribution < -0.4 is 0 Å². The van der Waals surface area contributed by atoms with E-state index in [1.165, 1.54) is 96.3 Å². The first-order valence-corrected chi connectivity index (χ1v) is 26.9. The van der Waals surface area contributed by atoms with Crippen LogP contribution in [-0.2, 0) is 38.0 Å². The maximum atomic E-state index is 13.0. The van der Waals surface area contributed by atoms with Crippen molar-refractivity contribution in [2.45, 2.75) is 248 Å². The fraction of sp³-hybridized carbons (Fsp3) is 0.782. The van der Waals surface area contributed by atoms with Crippen LogP contribution in [0.1, 0.15) is 181 Å². The van der Waals surface area contributed by atoms with Crippen molar-refractivity contribution in [3.63, 3.8) is 0 Å². The molecule has 15 heteroatoms. The maximum absolute atomic E-state index is 13.0. The van der Waals surface area contributed by atoms with E-state index in [0.29, 0.717) is 25.7 Å². The van der Waals surface area contributed by atoms with Crippen LogP contribution in [0.15, 0.2) is 60.8 Å². The zero-order chi connectivity index (χ0) is 51.0. The van der Waals surface area contributed by atoms with E-state index in [4.69, 9.17) is 28.4 Å². The molecule has 0 aromatic carbocycles. The SMILES string of the molecule is CCCCCCCC/C=C/C/C=C/C/C=C/CCCC(=O)OC[C@@H](CO[C@@H]1O[C@H](CO[C@@H]2O[C@H](CO)[C@H](O)C(O)C2O)[C@H](O)C(O)C1O)OC(=O)CCC/C=C/C/C=C/CCCCCCCCCCC. The molecule has 0 aliphatic carbocycles. The Morgan fingerprint density at radius 3 is 1.34 bits per heavy atom. The minimum absolute atomic E-state index is 0.0888. The van der Waals surface area contributed by atoms with E-state index < -0.39 is 99.3 Å². The van der Waals surface area contributed by atoms with Gasteiger partial charge in [-0.25, -0.2) is 0 Å². The van der Waals surface area contributed by atoms with Crippen LogP contribution in [0.4, 0.5) is 0 Å². The molecule has 0 spiro atoms. The summed E-state index contributed by atoms with van der Waals surface area (Å²) in [5, 5.41) is 72.1. The molecule has 11 atom stereocenters. The van der Waals surface area contributed by atoms with Crippen LogP contribution in [0, 0.1) is 0 Å². The zero-order valence-electron chi connectivity index (χ0n) is 42.7. The van der Waals surface area contributed by atoms with Crippen LogP contribution >= 0.6 is 0 Å². The van der Waals surface area contributed by atoms with Crippen molar-refractivity contribution in [2.24, 2.45) is 0 Å². The number of aliphatic hydroxyl groups excluding tert-OH is 7. The molecule has 4 unspecified atom stereocenters. The highest BCUT2D eigenvalue weighted by molar-refractivity contribution is 5.70. The number of hydrogen-bond acceptors (Lipinski definition) is 15. The molecule has 2 saturated heterocycles. The molecule has 404 valence electrons. The van der Waals surface area contributed by atoms with Gasteiger partial charge in [0.05, 0.1) is 19.8 Å². The summed E-state index contributed by atoms with van der Waals surface area (Å²) < 4.78 is 33.5. The standard InChI is InChI=1S/C55H94O15/c1-3-5-7-9-11-13-15-17-19-21-23-25-27-29-31-33-35-37-46(57)65-40-43(68-47(58)38-36-34-32-30-28-26-24-22-20-18-16-14-12-10-8-6-4-2)41-66-54-53(64)51(62)49(60)45(70-54)42-67-55-52(63)50(61)48(59)44(39-56)69-55/h17,19,23-26,29-32,43-45,48-56,59-64H,3-16,18,20-22,27-28,33-42H2,1-2H3/b19-17+,25-23+,26-24+,31-29+,32-30+/t43-,44+,45+,48-,49-,50?,51?,52?,53?,54+,55+/m0/s1. The van der Waals surface area contributed by atoms with Crippen molar-refractivity contribution in [1.82, 2.24) is 0 Å². The van der Waals surface area contributed by atoms with E-state index in [-0.39, 0.29) is 19.4 Å². The molecule has 2 rings (SSSR count). The second-order valence-corrected chi connectivity index (χ2v) is 18.7. The van der Waals surface area contributed by atoms with Crippen molar-refractivity contribution in [3.05, 3.63) is 60.8 Å². The summed E-state index contributed by atoms with van der Waals surface area (Å²) in [5.41, 5.74) is 0. The molecule has 70 heavy (non-hydrogen) atoms. The molecule has 2 aliphatic rings. The predicted octanol–water partition coefficient (Wildman–Crippen LogP) is 8.05. The number of allylic oxidation sites excluding steroid dienone is 10. The third kappa shape index (κ3) is 29.0. The summed E-state index contributed by atoms with van der Waals surface area (Å²) in [6.07, 6.45) is 31.2. The third-order valence-corrected chi connectivity index (χ3v) is 12.5. The lowest BCUT2D eigenvalue weighted by Gasteiger charge is -2.42. The van der Waals surface area contributed by atoms with Gasteiger partial charge in [0.25, 0.3) is 0 Å². The second-order valence-electron chi connectivity index (χ2n) is 18.7. The highest BCUT2D eigenvalue weighted by Gasteiger charge is 2.47. The van der Waals surface area contributed by atoms with Crippen LogP contribution in [0.3, 0.4) is 0 Å². The van der Waals surface area contributed by atoms with E-state index in [2.05, 4.69) is 62.5 Å². The number of esters is 2. The molecule has 0 aromatic heterocycles. The van der Waals surface area contributed by atoms with Crippen LogP contribution in [-0.4, -0.2) is 142 Å². The normalized spacial score (nSPS) is 25.8. The number of carbonyl (C=O) groups is 2. The lowest BCUT2D eigenvalue weighted by molar-refractivity contribution is -0.332. The summed E-state index contributed by atoms with van der Waals surface area (Å²) in [6.45, 7) is 2.49. The average Bonchev–Trinajstić information content (AvgIpc) is 3.35. The van der Waals surface area contributed by atoms with E-state index in [0.717, 1.165) is 32.1 Å². The molecular weight excluding hydrogens is 901 g/mol. The molecular formula is C55H94O15. The first kappa shape index (κ1) is 63.3. The number of rotatable bonds is 41. The zero-order valence-corrected chi connectivity index (χ0v) is 42.7. The molecule has 0 amide bonds. The second kappa shape index (κ2) is 41.6. The summed E-state index contributed by atoms with van der Waals surface area (Å²) in [7, 11) is 0. The van der Waals surface area contributed by atoms with Crippen LogP contribution in [0.5, 0.6) is 0 Å². The topological polar surface area (TPSA) is 231 Å². The van der Waals surface area contributed by atoms with Gasteiger partial charge in [0.15, 0.2) is 18.7 Å². The molecule has 0 aromatic rings. The van der Waals surface area contributed by atoms with Crippen molar-refractivity contribution >= 4 is 11.9 Å². The van der Waals surface area contributed by atoms with Crippen molar-refractivity contribution in [2.75, 3.05) is 26.4 Å². The predicted molar refractivity (Wildman–Crippen MR) is 270 cm³/mol. The Morgan fingerprint density at radius 2 is 0.857 bits per heavy atom. The fourth-order valence-corrected chi connectivity index (χ4v) is 8.04. The summed E-state index contributed by atoms with van der Waals surface area (Å²) in [5.74, 6) is -1.04. The van der Waals surface area contributed by atoms with Crippen LogP contribution in [0.2, 0.25) is 0 Å². The smallest absolute Gasteiger partial charge is 0.306 e. The number of hydrogen-bond donors (Lipinski definition) is 7. The van der Waals surface area contributed by atoms with Gasteiger partial charge in [-0.3, -0.25) is 9.59 Å². The molecule has 0 saturated carbocycles. The quantitative estimate of drug-likeness (QED) is 0.0175. The third-order valence-electron chi connectivity index (χ3n) is 12.5. The largest absolute Gasteiger partial charge is 0.462 e. The minimum Gasteiger partial charge on any atom is -0.462 e. The number of ether oxygens (including phenoxy) is 6. The summed E-state index contributed by atoms with van der Waals surface area (Å²) in [4.78, 5) is 25.8. The van der Waals surface area contributed by atoms with Gasteiger partial charge in [0.2, 0.25) is 0 Å². The minimum atomic E-state index is -1.78. The highest BCUT2D eigenvalue weighted by Crippen LogP contribution is 2.26. The lowest BCUT2D eigenvalue weighted by atomic mass is 9.98. The summed E-state index contributed by atoms with van der Waals surface area (Å²) in [6, 6.07) is 0. The van der Waals surface area contributed by atoms with E-state index >= 15 is 0 Å². The van der Waals surface area contributed by atoms with Gasteiger partial charge in [0, 0.05) is 12.8 Å². The average molecular weight is 995 g/mol. The Balaban J connectivity index is 1.84. The van der Waals surface area contributed by atoms with Gasteiger partial charge in [-0.05, 0) is 70.6 Å². The van der Waals surface area contributed by atoms with Gasteiger partial charge in [0.1, 0.15) is 55.4 Å². The van der Waals surface area contributed by atoms with Gasteiger partial charge < -0.3 is 64.2 Å². The van der Waals surface area contributed by atoms with E-state index in [1.54, 1.807) is 0 Å². The Kier molecular flexibility index (Phi) is 37.7. The van der Waals surface area contributed by atoms with Gasteiger partial charge in [-0.15, -0.1) is 0 Å². The molecule has 2 aliphatic heterocycles. The van der Waals surface area contributed by atoms with Gasteiger partial charge >= 0.3 is 11.9 Å². The number of carbonyl (C=O) groups excluding carboxylic acids is 2. The number of unbranched alkanes of at least 4 members (excludes halogenated alkanes) is 17. The maximum Gasteiger partial charge on any atom is 0.306 e. The molecule has 0 radical (unpaired) electrons. The lowest BCUT2D eigenvalue weighted by Crippen LogP contribution is -2.61. The van der Waals surface area contributed by atoms with Crippen LogP contribution in [0.25, 0.3) is 0 Å². The molecule has 2 fully saturated rings. The van der Waals surface area contributed by atoms with Gasteiger partial charge in [-0.1, -0.05) is 158 Å². The molecule has 7 N–H and O–H groups in total. The molecule has 0 bridgehead atoms. The Morgan fingerprint density at radius 1 is 0.457 bits per heavy atom. The number of aliphatic hydroxyl groups is 7. The monoisotopic (exact) mass is 995 g/mol. The van der Waals surface area contributed by atoms with Gasteiger partial charge in [-0.2, -0.15) is 0 Å². The Labute approximate surface area is 420 Å². The molecule has 2 heterocycles. The van der Waals surface area contributed by atoms with Crippen molar-refractivity contribution in [1.29, 1.82) is 0 Å². The van der Waals surface area contributed by atoms with Crippen molar-refractivity contribution in [3.8, 4) is 0 Å². The fourth-order valence-electron chi connectivity index (χ4n) is 8.04. The molecule has 15 nitrogen and oxygen atoms in total. The van der Waals surface area contributed by atoms with E-state index in [1.807, 2.05) is 12.2 Å². The Hall–Kier alpha value is -2.80. The highest BCUT2D eigenvalue weighted by atomic mass is 16.7. The first-order chi connectivity index (χ1) is 34.0. The summed E-state index contributed by atoms with van der Waals surface area (Å²) >= 11 is 0. The van der Waals surface area contributed by atoms with Crippen molar-refractivity contribution < 1.29 is 73.8 Å². The van der Waals surface area contributed by atoms with E-state index in [9.17, 15) is 45.3 Å². The Bertz CT molecular complexity index is 1450. The first-order valence-electron chi connectivity index (χ1n) is 26.9.